The fourth-order valence-electron chi connectivity index (χ4n) is 3.00. The monoisotopic (exact) mass is 374 g/mol. The smallest absolute Gasteiger partial charge is 0.255 e. The Morgan fingerprint density at radius 2 is 1.96 bits per heavy atom. The van der Waals surface area contributed by atoms with Gasteiger partial charge in [-0.25, -0.2) is 8.42 Å². The molecule has 7 heteroatoms. The third-order valence-corrected chi connectivity index (χ3v) is 6.22. The van der Waals surface area contributed by atoms with E-state index in [1.54, 1.807) is 37.4 Å². The summed E-state index contributed by atoms with van der Waals surface area (Å²) in [6.07, 6.45) is 1.49. The number of anilines is 2. The minimum Gasteiger partial charge on any atom is -0.495 e. The van der Waals surface area contributed by atoms with Gasteiger partial charge in [0.2, 0.25) is 10.0 Å². The SMILES string of the molecule is COc1ccc(C)cc1NC(=O)c1cccc(N2CCCCS2(=O)=O)c1. The van der Waals surface area contributed by atoms with Gasteiger partial charge in [-0.15, -0.1) is 0 Å². The lowest BCUT2D eigenvalue weighted by atomic mass is 10.1. The molecule has 0 radical (unpaired) electrons. The summed E-state index contributed by atoms with van der Waals surface area (Å²) in [5, 5.41) is 2.84. The molecule has 1 heterocycles. The molecule has 138 valence electrons. The van der Waals surface area contributed by atoms with Crippen molar-refractivity contribution in [2.45, 2.75) is 19.8 Å². The van der Waals surface area contributed by atoms with Crippen LogP contribution < -0.4 is 14.4 Å². The molecule has 0 aliphatic carbocycles. The molecule has 0 spiro atoms. The molecule has 1 amide bonds. The fraction of sp³-hybridized carbons (Fsp3) is 0.316. The van der Waals surface area contributed by atoms with Crippen molar-refractivity contribution in [3.05, 3.63) is 53.6 Å². The molecule has 0 unspecified atom stereocenters. The van der Waals surface area contributed by atoms with E-state index in [2.05, 4.69) is 5.32 Å². The molecule has 2 aromatic carbocycles. The van der Waals surface area contributed by atoms with Gasteiger partial charge in [0.1, 0.15) is 5.75 Å². The van der Waals surface area contributed by atoms with Crippen molar-refractivity contribution in [3.8, 4) is 5.75 Å². The maximum absolute atomic E-state index is 12.7. The number of amides is 1. The Morgan fingerprint density at radius 3 is 2.69 bits per heavy atom. The lowest BCUT2D eigenvalue weighted by Crippen LogP contribution is -2.37. The second kappa shape index (κ2) is 7.37. The van der Waals surface area contributed by atoms with Gasteiger partial charge in [0.25, 0.3) is 5.91 Å². The lowest BCUT2D eigenvalue weighted by Gasteiger charge is -2.28. The number of carbonyl (C=O) groups is 1. The summed E-state index contributed by atoms with van der Waals surface area (Å²) in [5.41, 5.74) is 2.49. The minimum absolute atomic E-state index is 0.143. The zero-order valence-electron chi connectivity index (χ0n) is 14.9. The van der Waals surface area contributed by atoms with E-state index in [-0.39, 0.29) is 11.7 Å². The van der Waals surface area contributed by atoms with Crippen molar-refractivity contribution < 1.29 is 17.9 Å². The standard InChI is InChI=1S/C19H22N2O4S/c1-14-8-9-18(25-2)17(12-14)20-19(22)15-6-5-7-16(13-15)21-10-3-4-11-26(21,23)24/h5-9,12-13H,3-4,10-11H2,1-2H3,(H,20,22). The predicted molar refractivity (Wildman–Crippen MR) is 102 cm³/mol. The van der Waals surface area contributed by atoms with Crippen LogP contribution in [-0.2, 0) is 10.0 Å². The van der Waals surface area contributed by atoms with Crippen LogP contribution >= 0.6 is 0 Å². The van der Waals surface area contributed by atoms with Crippen LogP contribution in [0.1, 0.15) is 28.8 Å². The first kappa shape index (κ1) is 18.3. The molecule has 2 aromatic rings. The van der Waals surface area contributed by atoms with E-state index in [0.717, 1.165) is 12.0 Å². The van der Waals surface area contributed by atoms with Crippen LogP contribution in [0.25, 0.3) is 0 Å². The summed E-state index contributed by atoms with van der Waals surface area (Å²) in [6, 6.07) is 12.2. The maximum atomic E-state index is 12.7. The van der Waals surface area contributed by atoms with E-state index in [0.29, 0.717) is 35.7 Å². The van der Waals surface area contributed by atoms with Crippen LogP contribution in [0, 0.1) is 6.92 Å². The van der Waals surface area contributed by atoms with E-state index in [1.165, 1.54) is 4.31 Å². The highest BCUT2D eigenvalue weighted by molar-refractivity contribution is 7.92. The van der Waals surface area contributed by atoms with Gasteiger partial charge >= 0.3 is 0 Å². The molecule has 0 bridgehead atoms. The minimum atomic E-state index is -3.31. The van der Waals surface area contributed by atoms with E-state index in [1.807, 2.05) is 19.1 Å². The highest BCUT2D eigenvalue weighted by Gasteiger charge is 2.26. The molecule has 0 aromatic heterocycles. The molecular weight excluding hydrogens is 352 g/mol. The van der Waals surface area contributed by atoms with E-state index < -0.39 is 10.0 Å². The second-order valence-corrected chi connectivity index (χ2v) is 8.32. The maximum Gasteiger partial charge on any atom is 0.255 e. The molecule has 0 atom stereocenters. The summed E-state index contributed by atoms with van der Waals surface area (Å²) >= 11 is 0. The number of ether oxygens (including phenoxy) is 1. The van der Waals surface area contributed by atoms with Crippen LogP contribution in [0.4, 0.5) is 11.4 Å². The number of benzene rings is 2. The Bertz CT molecular complexity index is 925. The number of rotatable bonds is 4. The molecule has 0 saturated carbocycles. The molecule has 1 aliphatic rings. The number of hydrogen-bond acceptors (Lipinski definition) is 4. The van der Waals surface area contributed by atoms with Crippen LogP contribution in [0.3, 0.4) is 0 Å². The van der Waals surface area contributed by atoms with Gasteiger partial charge in [0.15, 0.2) is 0 Å². The van der Waals surface area contributed by atoms with Crippen LogP contribution in [0.2, 0.25) is 0 Å². The first-order chi connectivity index (χ1) is 12.4. The van der Waals surface area contributed by atoms with Crippen molar-refractivity contribution in [1.29, 1.82) is 0 Å². The van der Waals surface area contributed by atoms with Crippen LogP contribution in [0.15, 0.2) is 42.5 Å². The summed E-state index contributed by atoms with van der Waals surface area (Å²) in [6.45, 7) is 2.37. The topological polar surface area (TPSA) is 75.7 Å². The summed E-state index contributed by atoms with van der Waals surface area (Å²) in [4.78, 5) is 12.7. The van der Waals surface area contributed by atoms with Gasteiger partial charge in [0, 0.05) is 12.1 Å². The number of nitrogens with one attached hydrogen (secondary N) is 1. The highest BCUT2D eigenvalue weighted by atomic mass is 32.2. The van der Waals surface area contributed by atoms with Gasteiger partial charge in [-0.1, -0.05) is 12.1 Å². The first-order valence-electron chi connectivity index (χ1n) is 8.47. The van der Waals surface area contributed by atoms with Crippen molar-refractivity contribution in [2.24, 2.45) is 0 Å². The second-order valence-electron chi connectivity index (χ2n) is 6.30. The van der Waals surface area contributed by atoms with Gasteiger partial charge in [-0.2, -0.15) is 0 Å². The zero-order chi connectivity index (χ0) is 18.7. The molecule has 1 saturated heterocycles. The molecule has 1 N–H and O–H groups in total. The highest BCUT2D eigenvalue weighted by Crippen LogP contribution is 2.27. The quantitative estimate of drug-likeness (QED) is 0.892. The fourth-order valence-corrected chi connectivity index (χ4v) is 4.63. The van der Waals surface area contributed by atoms with Gasteiger partial charge in [0.05, 0.1) is 24.2 Å². The zero-order valence-corrected chi connectivity index (χ0v) is 15.7. The molecule has 6 nitrogen and oxygen atoms in total. The Labute approximate surface area is 153 Å². The molecular formula is C19H22N2O4S. The Hall–Kier alpha value is -2.54. The van der Waals surface area contributed by atoms with Crippen molar-refractivity contribution >= 4 is 27.3 Å². The number of hydrogen-bond donors (Lipinski definition) is 1. The number of methoxy groups -OCH3 is 1. The average Bonchev–Trinajstić information content (AvgIpc) is 2.61. The van der Waals surface area contributed by atoms with Gasteiger partial charge in [-0.05, 0) is 55.7 Å². The summed E-state index contributed by atoms with van der Waals surface area (Å²) in [5.74, 6) is 0.396. The summed E-state index contributed by atoms with van der Waals surface area (Å²) < 4.78 is 31.2. The Morgan fingerprint density at radius 1 is 1.15 bits per heavy atom. The van der Waals surface area contributed by atoms with Crippen LogP contribution in [0.5, 0.6) is 5.75 Å². The number of sulfonamides is 1. The van der Waals surface area contributed by atoms with Crippen molar-refractivity contribution in [1.82, 2.24) is 0 Å². The van der Waals surface area contributed by atoms with Gasteiger partial charge in [-0.3, -0.25) is 9.10 Å². The molecule has 26 heavy (non-hydrogen) atoms. The molecule has 1 aliphatic heterocycles. The Balaban J connectivity index is 1.86. The Kier molecular flexibility index (Phi) is 5.18. The van der Waals surface area contributed by atoms with Gasteiger partial charge < -0.3 is 10.1 Å². The van der Waals surface area contributed by atoms with E-state index in [9.17, 15) is 13.2 Å². The third kappa shape index (κ3) is 3.83. The van der Waals surface area contributed by atoms with E-state index in [4.69, 9.17) is 4.74 Å². The predicted octanol–water partition coefficient (Wildman–Crippen LogP) is 3.19. The third-order valence-electron chi connectivity index (χ3n) is 4.35. The number of aryl methyl sites for hydroxylation is 1. The van der Waals surface area contributed by atoms with Crippen molar-refractivity contribution in [3.63, 3.8) is 0 Å². The lowest BCUT2D eigenvalue weighted by molar-refractivity contribution is 0.102. The first-order valence-corrected chi connectivity index (χ1v) is 10.1. The summed E-state index contributed by atoms with van der Waals surface area (Å²) in [7, 11) is -1.77. The van der Waals surface area contributed by atoms with E-state index >= 15 is 0 Å². The molecule has 3 rings (SSSR count). The normalized spacial score (nSPS) is 16.2. The van der Waals surface area contributed by atoms with Crippen molar-refractivity contribution in [2.75, 3.05) is 29.0 Å². The molecule has 1 fully saturated rings. The number of nitrogens with zero attached hydrogens (tertiary/aromatic N) is 1. The van der Waals surface area contributed by atoms with Crippen LogP contribution in [-0.4, -0.2) is 33.7 Å². The largest absolute Gasteiger partial charge is 0.495 e. The average molecular weight is 374 g/mol. The number of carbonyl (C=O) groups excluding carboxylic acids is 1.